The first-order chi connectivity index (χ1) is 14.0. The van der Waals surface area contributed by atoms with Crippen molar-refractivity contribution in [1.82, 2.24) is 15.5 Å². The van der Waals surface area contributed by atoms with Gasteiger partial charge in [0.05, 0.1) is 12.9 Å². The summed E-state index contributed by atoms with van der Waals surface area (Å²) in [6.45, 7) is 0. The SMILES string of the molecule is COc1ccc(-c2nnc(SCC(=O)NC(Cc3ccccc3)C(=O)O)o2)cc1. The van der Waals surface area contributed by atoms with Crippen LogP contribution >= 0.6 is 11.8 Å². The molecule has 0 radical (unpaired) electrons. The Labute approximate surface area is 171 Å². The van der Waals surface area contributed by atoms with E-state index in [0.717, 1.165) is 22.9 Å². The van der Waals surface area contributed by atoms with Crippen LogP contribution in [0.2, 0.25) is 0 Å². The monoisotopic (exact) mass is 413 g/mol. The fraction of sp³-hybridized carbons (Fsp3) is 0.200. The number of aromatic nitrogens is 2. The average molecular weight is 413 g/mol. The first-order valence-corrected chi connectivity index (χ1v) is 9.70. The van der Waals surface area contributed by atoms with E-state index in [1.807, 2.05) is 30.3 Å². The van der Waals surface area contributed by atoms with Gasteiger partial charge < -0.3 is 19.6 Å². The lowest BCUT2D eigenvalue weighted by molar-refractivity contribution is -0.141. The van der Waals surface area contributed by atoms with Crippen molar-refractivity contribution in [1.29, 1.82) is 0 Å². The molecule has 3 aromatic rings. The average Bonchev–Trinajstić information content (AvgIpc) is 3.21. The van der Waals surface area contributed by atoms with E-state index in [0.29, 0.717) is 11.6 Å². The predicted octanol–water partition coefficient (Wildman–Crippen LogP) is 2.65. The Balaban J connectivity index is 1.54. The minimum atomic E-state index is -1.09. The van der Waals surface area contributed by atoms with E-state index in [-0.39, 0.29) is 17.4 Å². The third-order valence-electron chi connectivity index (χ3n) is 3.99. The van der Waals surface area contributed by atoms with Crippen LogP contribution in [0.15, 0.2) is 64.2 Å². The summed E-state index contributed by atoms with van der Waals surface area (Å²) >= 11 is 1.04. The van der Waals surface area contributed by atoms with Gasteiger partial charge in [-0.15, -0.1) is 10.2 Å². The smallest absolute Gasteiger partial charge is 0.326 e. The van der Waals surface area contributed by atoms with Gasteiger partial charge in [0.15, 0.2) is 0 Å². The lowest BCUT2D eigenvalue weighted by Gasteiger charge is -2.14. The number of rotatable bonds is 9. The first-order valence-electron chi connectivity index (χ1n) is 8.72. The topological polar surface area (TPSA) is 115 Å². The van der Waals surface area contributed by atoms with E-state index in [1.165, 1.54) is 0 Å². The lowest BCUT2D eigenvalue weighted by atomic mass is 10.1. The number of hydrogen-bond acceptors (Lipinski definition) is 7. The molecule has 29 heavy (non-hydrogen) atoms. The molecule has 0 spiro atoms. The van der Waals surface area contributed by atoms with Crippen molar-refractivity contribution in [2.24, 2.45) is 0 Å². The number of aliphatic carboxylic acids is 1. The molecule has 2 aromatic carbocycles. The van der Waals surface area contributed by atoms with Crippen molar-refractivity contribution in [2.45, 2.75) is 17.7 Å². The number of nitrogens with one attached hydrogen (secondary N) is 1. The number of hydrogen-bond donors (Lipinski definition) is 2. The quantitative estimate of drug-likeness (QED) is 0.515. The first kappa shape index (κ1) is 20.4. The van der Waals surface area contributed by atoms with Crippen molar-refractivity contribution < 1.29 is 23.8 Å². The summed E-state index contributed by atoms with van der Waals surface area (Å²) in [4.78, 5) is 23.6. The van der Waals surface area contributed by atoms with Crippen LogP contribution in [-0.2, 0) is 16.0 Å². The number of benzene rings is 2. The molecule has 1 atom stereocenters. The molecule has 0 aliphatic rings. The van der Waals surface area contributed by atoms with Gasteiger partial charge in [-0.05, 0) is 29.8 Å². The second-order valence-electron chi connectivity index (χ2n) is 6.04. The number of nitrogens with zero attached hydrogens (tertiary/aromatic N) is 2. The molecular weight excluding hydrogens is 394 g/mol. The summed E-state index contributed by atoms with van der Waals surface area (Å²) in [6, 6.07) is 15.2. The molecule has 0 aliphatic heterocycles. The van der Waals surface area contributed by atoms with Crippen LogP contribution in [0.1, 0.15) is 5.56 Å². The molecule has 1 heterocycles. The molecule has 3 rings (SSSR count). The fourth-order valence-electron chi connectivity index (χ4n) is 2.53. The molecule has 1 amide bonds. The number of thioether (sulfide) groups is 1. The molecule has 0 saturated heterocycles. The zero-order valence-corrected chi connectivity index (χ0v) is 16.4. The molecule has 0 aliphatic carbocycles. The molecule has 2 N–H and O–H groups in total. The van der Waals surface area contributed by atoms with Gasteiger partial charge in [-0.3, -0.25) is 4.79 Å². The van der Waals surface area contributed by atoms with Crippen molar-refractivity contribution in [3.05, 3.63) is 60.2 Å². The van der Waals surface area contributed by atoms with Crippen molar-refractivity contribution in [3.8, 4) is 17.2 Å². The van der Waals surface area contributed by atoms with Crippen molar-refractivity contribution >= 4 is 23.6 Å². The van der Waals surface area contributed by atoms with Gasteiger partial charge in [-0.2, -0.15) is 0 Å². The van der Waals surface area contributed by atoms with Crippen LogP contribution in [0.25, 0.3) is 11.5 Å². The summed E-state index contributed by atoms with van der Waals surface area (Å²) in [5, 5.41) is 20.0. The summed E-state index contributed by atoms with van der Waals surface area (Å²) in [6.07, 6.45) is 0.203. The summed E-state index contributed by atoms with van der Waals surface area (Å²) in [5.41, 5.74) is 1.55. The fourth-order valence-corrected chi connectivity index (χ4v) is 3.11. The van der Waals surface area contributed by atoms with Gasteiger partial charge in [0, 0.05) is 12.0 Å². The van der Waals surface area contributed by atoms with Gasteiger partial charge in [-0.25, -0.2) is 4.79 Å². The highest BCUT2D eigenvalue weighted by atomic mass is 32.2. The number of carboxylic acids is 1. The summed E-state index contributed by atoms with van der Waals surface area (Å²) in [7, 11) is 1.58. The molecule has 150 valence electrons. The summed E-state index contributed by atoms with van der Waals surface area (Å²) in [5.74, 6) is -0.525. The minimum absolute atomic E-state index is 0.0389. The Kier molecular flexibility index (Phi) is 6.85. The standard InChI is InChI=1S/C20H19N3O5S/c1-27-15-9-7-14(8-10-15)18-22-23-20(28-18)29-12-17(24)21-16(19(25)26)11-13-5-3-2-4-6-13/h2-10,16H,11-12H2,1H3,(H,21,24)(H,25,26). The van der Waals surface area contributed by atoms with Crippen LogP contribution in [0, 0.1) is 0 Å². The van der Waals surface area contributed by atoms with Gasteiger partial charge in [0.25, 0.3) is 5.22 Å². The van der Waals surface area contributed by atoms with E-state index in [1.54, 1.807) is 31.4 Å². The molecule has 1 aromatic heterocycles. The Bertz CT molecular complexity index is 960. The highest BCUT2D eigenvalue weighted by Gasteiger charge is 2.21. The van der Waals surface area contributed by atoms with Crippen molar-refractivity contribution in [2.75, 3.05) is 12.9 Å². The third-order valence-corrected chi connectivity index (χ3v) is 4.80. The maximum Gasteiger partial charge on any atom is 0.326 e. The highest BCUT2D eigenvalue weighted by molar-refractivity contribution is 7.99. The van der Waals surface area contributed by atoms with Crippen molar-refractivity contribution in [3.63, 3.8) is 0 Å². The Morgan fingerprint density at radius 1 is 1.14 bits per heavy atom. The Hall–Kier alpha value is -3.33. The molecular formula is C20H19N3O5S. The normalized spacial score (nSPS) is 11.6. The lowest BCUT2D eigenvalue weighted by Crippen LogP contribution is -2.43. The molecule has 8 nitrogen and oxygen atoms in total. The molecule has 0 fully saturated rings. The van der Waals surface area contributed by atoms with E-state index in [4.69, 9.17) is 9.15 Å². The zero-order chi connectivity index (χ0) is 20.6. The molecule has 1 unspecified atom stereocenters. The van der Waals surface area contributed by atoms with Crippen LogP contribution in [0.5, 0.6) is 5.75 Å². The van der Waals surface area contributed by atoms with Gasteiger partial charge >= 0.3 is 5.97 Å². The number of carbonyl (C=O) groups excluding carboxylic acids is 1. The molecule has 0 saturated carbocycles. The van der Waals surface area contributed by atoms with Crippen LogP contribution < -0.4 is 10.1 Å². The van der Waals surface area contributed by atoms with Crippen LogP contribution in [-0.4, -0.2) is 46.1 Å². The number of carbonyl (C=O) groups is 2. The van der Waals surface area contributed by atoms with Gasteiger partial charge in [0.1, 0.15) is 11.8 Å². The Morgan fingerprint density at radius 2 is 1.86 bits per heavy atom. The van der Waals surface area contributed by atoms with E-state index in [2.05, 4.69) is 15.5 Å². The summed E-state index contributed by atoms with van der Waals surface area (Å²) < 4.78 is 10.6. The number of methoxy groups -OCH3 is 1. The zero-order valence-electron chi connectivity index (χ0n) is 15.6. The minimum Gasteiger partial charge on any atom is -0.497 e. The van der Waals surface area contributed by atoms with E-state index < -0.39 is 17.9 Å². The molecule has 9 heteroatoms. The number of amides is 1. The third kappa shape index (κ3) is 5.82. The maximum absolute atomic E-state index is 12.2. The molecule has 0 bridgehead atoms. The second-order valence-corrected chi connectivity index (χ2v) is 6.96. The Morgan fingerprint density at radius 3 is 2.52 bits per heavy atom. The number of ether oxygens (including phenoxy) is 1. The predicted molar refractivity (Wildman–Crippen MR) is 107 cm³/mol. The second kappa shape index (κ2) is 9.74. The van der Waals surface area contributed by atoms with Gasteiger partial charge in [0.2, 0.25) is 11.8 Å². The van der Waals surface area contributed by atoms with E-state index in [9.17, 15) is 14.7 Å². The maximum atomic E-state index is 12.2. The van der Waals surface area contributed by atoms with Gasteiger partial charge in [-0.1, -0.05) is 42.1 Å². The highest BCUT2D eigenvalue weighted by Crippen LogP contribution is 2.24. The van der Waals surface area contributed by atoms with Crippen LogP contribution in [0.3, 0.4) is 0 Å². The number of carboxylic acid groups (broad SMARTS) is 1. The largest absolute Gasteiger partial charge is 0.497 e. The van der Waals surface area contributed by atoms with Crippen LogP contribution in [0.4, 0.5) is 0 Å². The van der Waals surface area contributed by atoms with E-state index >= 15 is 0 Å².